The van der Waals surface area contributed by atoms with E-state index in [1.807, 2.05) is 11.7 Å². The first-order chi connectivity index (χ1) is 10.1. The van der Waals surface area contributed by atoms with Crippen LogP contribution in [0.1, 0.15) is 32.2 Å². The third-order valence-corrected chi connectivity index (χ3v) is 10.4. The molecule has 0 N–H and O–H groups in total. The molecule has 120 valence electrons. The Morgan fingerprint density at radius 3 is 2.00 bits per heavy atom. The number of para-hydroxylation sites is 1. The molecule has 1 aromatic heterocycles. The maximum Gasteiger partial charge on any atom is 0.162 e. The maximum absolute atomic E-state index is 4.65. The number of hydrogen-bond acceptors (Lipinski definition) is 2. The Bertz CT molecular complexity index is 651. The van der Waals surface area contributed by atoms with Crippen LogP contribution in [-0.2, 0) is 7.05 Å². The Morgan fingerprint density at radius 2 is 1.59 bits per heavy atom. The first-order valence-corrected chi connectivity index (χ1v) is 10.9. The van der Waals surface area contributed by atoms with Crippen LogP contribution in [0.2, 0.25) is 18.1 Å². The zero-order chi connectivity index (χ0) is 16.7. The summed E-state index contributed by atoms with van der Waals surface area (Å²) >= 11 is 0. The molecule has 0 saturated heterocycles. The predicted octanol–water partition coefficient (Wildman–Crippen LogP) is 5.18. The van der Waals surface area contributed by atoms with Gasteiger partial charge in [-0.1, -0.05) is 52.1 Å². The minimum absolute atomic E-state index is 0.248. The molecule has 0 bridgehead atoms. The average molecular weight is 316 g/mol. The molecule has 0 spiro atoms. The van der Waals surface area contributed by atoms with Crippen LogP contribution in [0.5, 0.6) is 0 Å². The lowest BCUT2D eigenvalue weighted by molar-refractivity contribution is 0.714. The highest BCUT2D eigenvalue weighted by Gasteiger charge is 2.43. The van der Waals surface area contributed by atoms with Crippen molar-refractivity contribution >= 4 is 19.6 Å². The topological polar surface area (TPSA) is 21.1 Å². The monoisotopic (exact) mass is 315 g/mol. The van der Waals surface area contributed by atoms with Crippen LogP contribution in [0, 0.1) is 13.8 Å². The van der Waals surface area contributed by atoms with Gasteiger partial charge in [-0.25, -0.2) is 0 Å². The molecule has 0 unspecified atom stereocenters. The fourth-order valence-electron chi connectivity index (χ4n) is 2.73. The zero-order valence-electron chi connectivity index (χ0n) is 15.2. The van der Waals surface area contributed by atoms with Crippen molar-refractivity contribution in [2.45, 2.75) is 52.8 Å². The Labute approximate surface area is 136 Å². The van der Waals surface area contributed by atoms with Gasteiger partial charge in [-0.15, -0.1) is 0 Å². The van der Waals surface area contributed by atoms with Gasteiger partial charge in [0.2, 0.25) is 0 Å². The summed E-state index contributed by atoms with van der Waals surface area (Å²) in [5, 5.41) is 4.90. The standard InChI is InChI=1S/C18H29N3Si/c1-14-17(15(2)20(6)19-14)21(16-12-10-9-11-13-16)22(7,8)18(3,4)5/h9-13H,1-8H3. The number of benzene rings is 1. The molecule has 3 nitrogen and oxygen atoms in total. The van der Waals surface area contributed by atoms with Gasteiger partial charge >= 0.3 is 0 Å². The van der Waals surface area contributed by atoms with Gasteiger partial charge in [-0.2, -0.15) is 5.10 Å². The van der Waals surface area contributed by atoms with E-state index in [-0.39, 0.29) is 5.04 Å². The van der Waals surface area contributed by atoms with Gasteiger partial charge in [-0.3, -0.25) is 4.68 Å². The van der Waals surface area contributed by atoms with E-state index in [1.165, 1.54) is 17.1 Å². The highest BCUT2D eigenvalue weighted by molar-refractivity contribution is 6.84. The summed E-state index contributed by atoms with van der Waals surface area (Å²) < 4.78 is 4.58. The van der Waals surface area contributed by atoms with Crippen molar-refractivity contribution in [1.82, 2.24) is 9.78 Å². The molecule has 0 fully saturated rings. The molecule has 0 amide bonds. The highest BCUT2D eigenvalue weighted by Crippen LogP contribution is 2.45. The fourth-order valence-corrected chi connectivity index (χ4v) is 5.08. The number of anilines is 2. The van der Waals surface area contributed by atoms with E-state index in [0.29, 0.717) is 0 Å². The van der Waals surface area contributed by atoms with E-state index >= 15 is 0 Å². The van der Waals surface area contributed by atoms with Gasteiger partial charge in [0.1, 0.15) is 0 Å². The van der Waals surface area contributed by atoms with Gasteiger partial charge < -0.3 is 4.57 Å². The normalized spacial score (nSPS) is 12.5. The van der Waals surface area contributed by atoms with E-state index in [9.17, 15) is 0 Å². The molecular formula is C18H29N3Si. The number of nitrogens with zero attached hydrogens (tertiary/aromatic N) is 3. The molecule has 0 aliphatic carbocycles. The molecule has 4 heteroatoms. The van der Waals surface area contributed by atoms with Crippen LogP contribution >= 0.6 is 0 Å². The van der Waals surface area contributed by atoms with Gasteiger partial charge in [0.05, 0.1) is 17.1 Å². The number of rotatable bonds is 3. The lowest BCUT2D eigenvalue weighted by Gasteiger charge is -2.47. The molecule has 0 atom stereocenters. The molecule has 2 rings (SSSR count). The molecule has 0 aliphatic heterocycles. The lowest BCUT2D eigenvalue weighted by atomic mass is 10.2. The van der Waals surface area contributed by atoms with Crippen molar-refractivity contribution in [1.29, 1.82) is 0 Å². The van der Waals surface area contributed by atoms with Gasteiger partial charge in [-0.05, 0) is 31.0 Å². The third kappa shape index (κ3) is 2.72. The van der Waals surface area contributed by atoms with E-state index in [4.69, 9.17) is 0 Å². The van der Waals surface area contributed by atoms with Crippen molar-refractivity contribution in [2.24, 2.45) is 7.05 Å². The highest BCUT2D eigenvalue weighted by atomic mass is 28.3. The molecule has 0 radical (unpaired) electrons. The van der Waals surface area contributed by atoms with E-state index < -0.39 is 8.24 Å². The van der Waals surface area contributed by atoms with Crippen molar-refractivity contribution in [3.63, 3.8) is 0 Å². The summed E-state index contributed by atoms with van der Waals surface area (Å²) in [6, 6.07) is 10.8. The Balaban J connectivity index is 2.72. The Kier molecular flexibility index (Phi) is 4.26. The minimum atomic E-state index is -1.79. The molecule has 1 aromatic carbocycles. The second-order valence-electron chi connectivity index (χ2n) is 7.62. The lowest BCUT2D eigenvalue weighted by Crippen LogP contribution is -2.53. The van der Waals surface area contributed by atoms with Crippen LogP contribution in [0.25, 0.3) is 0 Å². The second-order valence-corrected chi connectivity index (χ2v) is 12.7. The molecule has 0 saturated carbocycles. The maximum atomic E-state index is 4.65. The van der Waals surface area contributed by atoms with Gasteiger partial charge in [0, 0.05) is 12.7 Å². The van der Waals surface area contributed by atoms with E-state index in [2.05, 4.69) is 87.7 Å². The quantitative estimate of drug-likeness (QED) is 0.728. The summed E-state index contributed by atoms with van der Waals surface area (Å²) in [6.45, 7) is 16.3. The molecule has 1 heterocycles. The van der Waals surface area contributed by atoms with Gasteiger partial charge in [0.15, 0.2) is 8.24 Å². The summed E-state index contributed by atoms with van der Waals surface area (Å²) in [5.74, 6) is 0. The number of hydrogen-bond donors (Lipinski definition) is 0. The van der Waals surface area contributed by atoms with Crippen molar-refractivity contribution in [2.75, 3.05) is 4.57 Å². The van der Waals surface area contributed by atoms with Gasteiger partial charge in [0.25, 0.3) is 0 Å². The van der Waals surface area contributed by atoms with Crippen molar-refractivity contribution in [3.8, 4) is 0 Å². The Morgan fingerprint density at radius 1 is 1.05 bits per heavy atom. The molecule has 0 aliphatic rings. The minimum Gasteiger partial charge on any atom is -0.366 e. The summed E-state index contributed by atoms with van der Waals surface area (Å²) in [4.78, 5) is 0. The van der Waals surface area contributed by atoms with Crippen LogP contribution < -0.4 is 4.57 Å². The third-order valence-electron chi connectivity index (χ3n) is 5.10. The molecular weight excluding hydrogens is 286 g/mol. The summed E-state index contributed by atoms with van der Waals surface area (Å²) in [6.07, 6.45) is 0. The van der Waals surface area contributed by atoms with Crippen LogP contribution in [-0.4, -0.2) is 18.0 Å². The predicted molar refractivity (Wildman–Crippen MR) is 98.5 cm³/mol. The summed E-state index contributed by atoms with van der Waals surface area (Å²) in [5.41, 5.74) is 4.88. The van der Waals surface area contributed by atoms with Crippen LogP contribution in [0.15, 0.2) is 30.3 Å². The smallest absolute Gasteiger partial charge is 0.162 e. The van der Waals surface area contributed by atoms with E-state index in [1.54, 1.807) is 0 Å². The zero-order valence-corrected chi connectivity index (χ0v) is 16.2. The first-order valence-electron chi connectivity index (χ1n) is 7.93. The van der Waals surface area contributed by atoms with Crippen molar-refractivity contribution < 1.29 is 0 Å². The first kappa shape index (κ1) is 16.8. The number of aromatic nitrogens is 2. The van der Waals surface area contributed by atoms with E-state index in [0.717, 1.165) is 5.69 Å². The van der Waals surface area contributed by atoms with Crippen LogP contribution in [0.4, 0.5) is 11.4 Å². The average Bonchev–Trinajstić information content (AvgIpc) is 2.65. The van der Waals surface area contributed by atoms with Crippen LogP contribution in [0.3, 0.4) is 0 Å². The largest absolute Gasteiger partial charge is 0.366 e. The molecule has 2 aromatic rings. The second kappa shape index (κ2) is 5.58. The Hall–Kier alpha value is -1.55. The number of aryl methyl sites for hydroxylation is 2. The van der Waals surface area contributed by atoms with Crippen molar-refractivity contribution in [3.05, 3.63) is 41.7 Å². The molecule has 22 heavy (non-hydrogen) atoms. The SMILES string of the molecule is Cc1nn(C)c(C)c1N(c1ccccc1)[Si](C)(C)C(C)(C)C. The fraction of sp³-hybridized carbons (Fsp3) is 0.500. The summed E-state index contributed by atoms with van der Waals surface area (Å²) in [7, 11) is 0.243.